The van der Waals surface area contributed by atoms with Crippen molar-refractivity contribution >= 4 is 23.4 Å². The van der Waals surface area contributed by atoms with Gasteiger partial charge in [-0.25, -0.2) is 4.39 Å². The van der Waals surface area contributed by atoms with Crippen LogP contribution in [0.15, 0.2) is 84.0 Å². The Labute approximate surface area is 174 Å². The number of ether oxygens (including phenoxy) is 1. The summed E-state index contributed by atoms with van der Waals surface area (Å²) in [7, 11) is 0. The lowest BCUT2D eigenvalue weighted by molar-refractivity contribution is 0.290. The van der Waals surface area contributed by atoms with Crippen LogP contribution in [0.5, 0.6) is 5.75 Å². The van der Waals surface area contributed by atoms with Gasteiger partial charge in [0, 0.05) is 29.6 Å². The fourth-order valence-electron chi connectivity index (χ4n) is 3.14. The largest absolute Gasteiger partial charge is 0.486 e. The summed E-state index contributed by atoms with van der Waals surface area (Å²) in [5.41, 5.74) is 3.62. The van der Waals surface area contributed by atoms with Crippen LogP contribution >= 0.6 is 11.6 Å². The highest BCUT2D eigenvalue weighted by molar-refractivity contribution is 6.31. The Morgan fingerprint density at radius 1 is 1.00 bits per heavy atom. The monoisotopic (exact) mass is 406 g/mol. The first-order chi connectivity index (χ1) is 14.2. The molecule has 29 heavy (non-hydrogen) atoms. The van der Waals surface area contributed by atoms with Gasteiger partial charge in [0.25, 0.3) is 0 Å². The summed E-state index contributed by atoms with van der Waals surface area (Å²) in [4.78, 5) is 6.46. The van der Waals surface area contributed by atoms with Crippen molar-refractivity contribution < 1.29 is 9.13 Å². The number of nitrogens with zero attached hydrogens (tertiary/aromatic N) is 2. The van der Waals surface area contributed by atoms with Crippen LogP contribution in [-0.2, 0) is 13.2 Å². The molecule has 0 atom stereocenters. The van der Waals surface area contributed by atoms with E-state index in [0.717, 1.165) is 27.3 Å². The number of hydrogen-bond donors (Lipinski definition) is 0. The number of rotatable bonds is 6. The summed E-state index contributed by atoms with van der Waals surface area (Å²) >= 11 is 6.26. The first-order valence-electron chi connectivity index (χ1n) is 9.35. The van der Waals surface area contributed by atoms with Crippen molar-refractivity contribution in [1.82, 2.24) is 4.90 Å². The minimum Gasteiger partial charge on any atom is -0.486 e. The lowest BCUT2D eigenvalue weighted by Gasteiger charge is -2.23. The molecule has 0 saturated heterocycles. The first kappa shape index (κ1) is 19.2. The van der Waals surface area contributed by atoms with E-state index in [2.05, 4.69) is 4.99 Å². The third-order valence-electron chi connectivity index (χ3n) is 4.65. The molecular formula is C24H20ClFN2O. The molecule has 1 aliphatic heterocycles. The molecular weight excluding hydrogens is 387 g/mol. The van der Waals surface area contributed by atoms with Crippen LogP contribution in [0.4, 0.5) is 4.39 Å². The summed E-state index contributed by atoms with van der Waals surface area (Å²) in [6.45, 7) is 1.50. The third-order valence-corrected chi connectivity index (χ3v) is 5.02. The van der Waals surface area contributed by atoms with Crippen molar-refractivity contribution in [3.05, 3.63) is 107 Å². The topological polar surface area (TPSA) is 24.8 Å². The maximum atomic E-state index is 14.6. The number of allylic oxidation sites excluding steroid dienone is 1. The van der Waals surface area contributed by atoms with Crippen LogP contribution in [0.1, 0.15) is 16.7 Å². The Balaban J connectivity index is 1.47. The van der Waals surface area contributed by atoms with Gasteiger partial charge in [0.2, 0.25) is 0 Å². The first-order valence-corrected chi connectivity index (χ1v) is 9.72. The van der Waals surface area contributed by atoms with Gasteiger partial charge in [0.15, 0.2) is 11.6 Å². The van der Waals surface area contributed by atoms with Crippen molar-refractivity contribution in [1.29, 1.82) is 0 Å². The van der Waals surface area contributed by atoms with E-state index in [4.69, 9.17) is 16.3 Å². The van der Waals surface area contributed by atoms with Gasteiger partial charge in [-0.05, 0) is 34.9 Å². The van der Waals surface area contributed by atoms with Gasteiger partial charge in [-0.1, -0.05) is 66.2 Å². The van der Waals surface area contributed by atoms with Crippen molar-refractivity contribution in [3.63, 3.8) is 0 Å². The van der Waals surface area contributed by atoms with E-state index in [1.807, 2.05) is 71.8 Å². The zero-order valence-corrected chi connectivity index (χ0v) is 16.5. The fourth-order valence-corrected chi connectivity index (χ4v) is 3.33. The fraction of sp³-hybridized carbons (Fsp3) is 0.125. The van der Waals surface area contributed by atoms with Crippen LogP contribution in [0, 0.1) is 5.82 Å². The molecule has 3 aromatic carbocycles. The summed E-state index contributed by atoms with van der Waals surface area (Å²) in [6.07, 6.45) is 3.75. The Hall–Kier alpha value is -3.11. The van der Waals surface area contributed by atoms with Gasteiger partial charge in [0.05, 0.1) is 0 Å². The normalized spacial score (nSPS) is 13.3. The lowest BCUT2D eigenvalue weighted by Crippen LogP contribution is -2.21. The van der Waals surface area contributed by atoms with Crippen LogP contribution in [-0.4, -0.2) is 17.8 Å². The molecule has 0 spiro atoms. The van der Waals surface area contributed by atoms with Gasteiger partial charge in [0.1, 0.15) is 13.3 Å². The quantitative estimate of drug-likeness (QED) is 0.505. The van der Waals surface area contributed by atoms with Crippen molar-refractivity contribution in [2.24, 2.45) is 4.99 Å². The van der Waals surface area contributed by atoms with E-state index in [0.29, 0.717) is 19.8 Å². The second kappa shape index (κ2) is 8.93. The maximum Gasteiger partial charge on any atom is 0.165 e. The average molecular weight is 407 g/mol. The van der Waals surface area contributed by atoms with Crippen molar-refractivity contribution in [2.45, 2.75) is 13.2 Å². The Bertz CT molecular complexity index is 1050. The van der Waals surface area contributed by atoms with Gasteiger partial charge >= 0.3 is 0 Å². The molecule has 0 radical (unpaired) electrons. The van der Waals surface area contributed by atoms with Crippen molar-refractivity contribution in [2.75, 3.05) is 6.67 Å². The standard InChI is InChI=1S/C24H20ClFN2O/c25-22-9-5-4-8-20(22)14-28-15-21(13-27-17-28)19-10-11-24(23(26)12-19)29-16-18-6-2-1-3-7-18/h1-13,15H,14,16-17H2. The highest BCUT2D eigenvalue weighted by Crippen LogP contribution is 2.25. The number of benzene rings is 3. The smallest absolute Gasteiger partial charge is 0.165 e. The van der Waals surface area contributed by atoms with E-state index < -0.39 is 5.82 Å². The summed E-state index contributed by atoms with van der Waals surface area (Å²) in [5, 5.41) is 0.725. The van der Waals surface area contributed by atoms with Gasteiger partial charge in [-0.3, -0.25) is 4.99 Å². The molecule has 4 rings (SSSR count). The lowest BCUT2D eigenvalue weighted by atomic mass is 10.1. The minimum absolute atomic E-state index is 0.235. The molecule has 0 aliphatic carbocycles. The Morgan fingerprint density at radius 3 is 2.59 bits per heavy atom. The molecule has 0 unspecified atom stereocenters. The molecule has 3 aromatic rings. The molecule has 146 valence electrons. The highest BCUT2D eigenvalue weighted by Gasteiger charge is 2.13. The van der Waals surface area contributed by atoms with E-state index in [-0.39, 0.29) is 5.75 Å². The highest BCUT2D eigenvalue weighted by atomic mass is 35.5. The van der Waals surface area contributed by atoms with Gasteiger partial charge < -0.3 is 9.64 Å². The SMILES string of the molecule is Fc1cc(C2=CN(Cc3ccccc3Cl)CN=C2)ccc1OCc1ccccc1. The zero-order valence-electron chi connectivity index (χ0n) is 15.8. The number of hydrogen-bond acceptors (Lipinski definition) is 3. The van der Waals surface area contributed by atoms with E-state index >= 15 is 0 Å². The zero-order chi connectivity index (χ0) is 20.1. The molecule has 0 N–H and O–H groups in total. The molecule has 1 aliphatic rings. The molecule has 0 fully saturated rings. The van der Waals surface area contributed by atoms with E-state index in [1.54, 1.807) is 12.3 Å². The van der Waals surface area contributed by atoms with Crippen LogP contribution in [0.2, 0.25) is 5.02 Å². The molecule has 3 nitrogen and oxygen atoms in total. The maximum absolute atomic E-state index is 14.6. The average Bonchev–Trinajstić information content (AvgIpc) is 2.75. The molecule has 5 heteroatoms. The minimum atomic E-state index is -0.393. The van der Waals surface area contributed by atoms with Gasteiger partial charge in [-0.2, -0.15) is 0 Å². The number of aliphatic imine (C=N–C) groups is 1. The van der Waals surface area contributed by atoms with E-state index in [9.17, 15) is 4.39 Å². The van der Waals surface area contributed by atoms with Crippen molar-refractivity contribution in [3.8, 4) is 5.75 Å². The molecule has 0 amide bonds. The Kier molecular flexibility index (Phi) is 5.92. The van der Waals surface area contributed by atoms with Gasteiger partial charge in [-0.15, -0.1) is 0 Å². The van der Waals surface area contributed by atoms with Crippen LogP contribution in [0.25, 0.3) is 5.57 Å². The van der Waals surface area contributed by atoms with Crippen LogP contribution in [0.3, 0.4) is 0 Å². The summed E-state index contributed by atoms with van der Waals surface area (Å²) < 4.78 is 20.2. The molecule has 0 aromatic heterocycles. The molecule has 0 saturated carbocycles. The summed E-state index contributed by atoms with van der Waals surface area (Å²) in [5.74, 6) is -0.158. The Morgan fingerprint density at radius 2 is 1.79 bits per heavy atom. The third kappa shape index (κ3) is 4.84. The number of halogens is 2. The summed E-state index contributed by atoms with van der Waals surface area (Å²) in [6, 6.07) is 22.4. The van der Waals surface area contributed by atoms with Crippen LogP contribution < -0.4 is 4.74 Å². The second-order valence-corrected chi connectivity index (χ2v) is 7.20. The molecule has 1 heterocycles. The molecule has 0 bridgehead atoms. The second-order valence-electron chi connectivity index (χ2n) is 6.80. The predicted octanol–water partition coefficient (Wildman–Crippen LogP) is 5.94. The van der Waals surface area contributed by atoms with E-state index in [1.165, 1.54) is 6.07 Å². The predicted molar refractivity (Wildman–Crippen MR) is 116 cm³/mol.